The zero-order chi connectivity index (χ0) is 20.0. The molecule has 28 heavy (non-hydrogen) atoms. The lowest BCUT2D eigenvalue weighted by atomic mass is 10.0. The van der Waals surface area contributed by atoms with Crippen molar-refractivity contribution in [2.24, 2.45) is 0 Å². The number of nitrogens with one attached hydrogen (secondary N) is 1. The van der Waals surface area contributed by atoms with E-state index in [0.29, 0.717) is 5.92 Å². The van der Waals surface area contributed by atoms with Crippen LogP contribution in [0, 0.1) is 27.7 Å². The Morgan fingerprint density at radius 3 is 2.43 bits per heavy atom. The summed E-state index contributed by atoms with van der Waals surface area (Å²) in [7, 11) is 0. The zero-order valence-electron chi connectivity index (χ0n) is 17.4. The Morgan fingerprint density at radius 1 is 1.11 bits per heavy atom. The second-order valence-electron chi connectivity index (χ2n) is 7.27. The van der Waals surface area contributed by atoms with Gasteiger partial charge < -0.3 is 9.51 Å². The summed E-state index contributed by atoms with van der Waals surface area (Å²) < 4.78 is 7.57. The summed E-state index contributed by atoms with van der Waals surface area (Å²) in [5, 5.41) is 4.12. The van der Waals surface area contributed by atoms with Gasteiger partial charge in [-0.2, -0.15) is 0 Å². The van der Waals surface area contributed by atoms with Gasteiger partial charge in [0.2, 0.25) is 0 Å². The van der Waals surface area contributed by atoms with Crippen LogP contribution >= 0.6 is 0 Å². The molecule has 1 N–H and O–H groups in total. The highest BCUT2D eigenvalue weighted by Crippen LogP contribution is 2.41. The lowest BCUT2D eigenvalue weighted by molar-refractivity contribution is 0.393. The van der Waals surface area contributed by atoms with Gasteiger partial charge in [0.1, 0.15) is 22.9 Å². The predicted molar refractivity (Wildman–Crippen MR) is 111 cm³/mol. The van der Waals surface area contributed by atoms with Gasteiger partial charge in [-0.25, -0.2) is 9.97 Å². The van der Waals surface area contributed by atoms with E-state index in [0.717, 1.165) is 56.6 Å². The number of fused-ring (bicyclic) bond motifs is 1. The molecule has 1 saturated carbocycles. The Bertz CT molecular complexity index is 1100. The van der Waals surface area contributed by atoms with Crippen molar-refractivity contribution >= 4 is 11.0 Å². The lowest BCUT2D eigenvalue weighted by Gasteiger charge is -2.11. The van der Waals surface area contributed by atoms with Crippen molar-refractivity contribution in [1.29, 1.82) is 0 Å². The van der Waals surface area contributed by atoms with Crippen LogP contribution < -0.4 is 0 Å². The molecule has 1 fully saturated rings. The molecule has 3 heterocycles. The monoisotopic (exact) mass is 377 g/mol. The number of nitrogens with zero attached hydrogens (tertiary/aromatic N) is 4. The minimum atomic E-state index is 0.572. The number of H-pyrrole nitrogens is 1. The molecule has 1 aliphatic carbocycles. The smallest absolute Gasteiger partial charge is 0.141 e. The fourth-order valence-corrected chi connectivity index (χ4v) is 3.80. The van der Waals surface area contributed by atoms with Crippen LogP contribution in [0.5, 0.6) is 0 Å². The normalized spacial score (nSPS) is 13.6. The number of hydrogen-bond donors (Lipinski definition) is 1. The van der Waals surface area contributed by atoms with Crippen LogP contribution in [0.2, 0.25) is 0 Å². The van der Waals surface area contributed by atoms with Crippen molar-refractivity contribution in [3.63, 3.8) is 0 Å². The molecule has 1 aromatic carbocycles. The van der Waals surface area contributed by atoms with Crippen LogP contribution in [0.25, 0.3) is 27.8 Å². The number of aromatic amines is 1. The maximum atomic E-state index is 5.40. The minimum absolute atomic E-state index is 0.572. The van der Waals surface area contributed by atoms with E-state index < -0.39 is 0 Å². The molecule has 5 rings (SSSR count). The molecule has 0 radical (unpaired) electrons. The molecule has 6 nitrogen and oxygen atoms in total. The SMILES string of the molecule is CC.Cc1noc(C)c1-c1cc(-n2c(C)cnc2C)c2nc(C3CC3)[nH]c2c1. The van der Waals surface area contributed by atoms with E-state index in [4.69, 9.17) is 9.51 Å². The molecule has 0 spiro atoms. The fraction of sp³-hybridized carbons (Fsp3) is 0.409. The summed E-state index contributed by atoms with van der Waals surface area (Å²) >= 11 is 0. The summed E-state index contributed by atoms with van der Waals surface area (Å²) in [6, 6.07) is 4.33. The van der Waals surface area contributed by atoms with E-state index in [2.05, 4.69) is 38.7 Å². The third-order valence-corrected chi connectivity index (χ3v) is 5.23. The highest BCUT2D eigenvalue weighted by atomic mass is 16.5. The number of aryl methyl sites for hydroxylation is 4. The molecule has 1 aliphatic rings. The van der Waals surface area contributed by atoms with E-state index in [1.807, 2.05) is 40.8 Å². The van der Waals surface area contributed by atoms with Gasteiger partial charge >= 0.3 is 0 Å². The van der Waals surface area contributed by atoms with Crippen LogP contribution in [-0.2, 0) is 0 Å². The van der Waals surface area contributed by atoms with Gasteiger partial charge in [-0.3, -0.25) is 4.57 Å². The van der Waals surface area contributed by atoms with Crippen molar-refractivity contribution in [3.05, 3.63) is 47.1 Å². The Kier molecular flexibility index (Phi) is 4.57. The zero-order valence-corrected chi connectivity index (χ0v) is 17.4. The maximum absolute atomic E-state index is 5.40. The van der Waals surface area contributed by atoms with Crippen LogP contribution in [0.15, 0.2) is 22.9 Å². The van der Waals surface area contributed by atoms with Crippen LogP contribution in [0.3, 0.4) is 0 Å². The number of aromatic nitrogens is 5. The van der Waals surface area contributed by atoms with Crippen molar-refractivity contribution in [3.8, 4) is 16.8 Å². The summed E-state index contributed by atoms with van der Waals surface area (Å²) in [5.41, 5.74) is 7.21. The minimum Gasteiger partial charge on any atom is -0.361 e. The molecule has 0 amide bonds. The second-order valence-corrected chi connectivity index (χ2v) is 7.27. The van der Waals surface area contributed by atoms with E-state index in [1.54, 1.807) is 0 Å². The number of benzene rings is 1. The topological polar surface area (TPSA) is 72.5 Å². The Balaban J connectivity index is 0.000000932. The van der Waals surface area contributed by atoms with Gasteiger partial charge in [0.25, 0.3) is 0 Å². The van der Waals surface area contributed by atoms with Crippen molar-refractivity contribution < 1.29 is 4.52 Å². The van der Waals surface area contributed by atoms with Gasteiger partial charge in [0.05, 0.1) is 16.9 Å². The van der Waals surface area contributed by atoms with Gasteiger partial charge in [0, 0.05) is 23.4 Å². The summed E-state index contributed by atoms with van der Waals surface area (Å²) in [6.45, 7) is 12.0. The molecule has 0 bridgehead atoms. The third-order valence-electron chi connectivity index (χ3n) is 5.23. The van der Waals surface area contributed by atoms with E-state index in [9.17, 15) is 0 Å². The van der Waals surface area contributed by atoms with Crippen LogP contribution in [0.1, 0.15) is 61.4 Å². The first kappa shape index (κ1) is 18.5. The average molecular weight is 377 g/mol. The van der Waals surface area contributed by atoms with Gasteiger partial charge in [-0.05, 0) is 58.2 Å². The molecular formula is C22H27N5O. The molecule has 0 saturated heterocycles. The maximum Gasteiger partial charge on any atom is 0.141 e. The lowest BCUT2D eigenvalue weighted by Crippen LogP contribution is -2.01. The average Bonchev–Trinajstić information content (AvgIpc) is 3.24. The summed E-state index contributed by atoms with van der Waals surface area (Å²) in [5.74, 6) is 3.44. The fourth-order valence-electron chi connectivity index (χ4n) is 3.80. The molecule has 4 aromatic rings. The largest absolute Gasteiger partial charge is 0.361 e. The first-order chi connectivity index (χ1) is 13.5. The quantitative estimate of drug-likeness (QED) is 0.509. The number of rotatable bonds is 3. The van der Waals surface area contributed by atoms with E-state index in [-0.39, 0.29) is 0 Å². The van der Waals surface area contributed by atoms with E-state index >= 15 is 0 Å². The second kappa shape index (κ2) is 6.93. The Labute approximate surface area is 165 Å². The van der Waals surface area contributed by atoms with Gasteiger partial charge in [-0.1, -0.05) is 19.0 Å². The number of hydrogen-bond acceptors (Lipinski definition) is 4. The van der Waals surface area contributed by atoms with Gasteiger partial charge in [-0.15, -0.1) is 0 Å². The predicted octanol–water partition coefficient (Wildman–Crippen LogP) is 5.54. The first-order valence-corrected chi connectivity index (χ1v) is 10.0. The molecule has 3 aromatic heterocycles. The van der Waals surface area contributed by atoms with Gasteiger partial charge in [0.15, 0.2) is 0 Å². The highest BCUT2D eigenvalue weighted by molar-refractivity contribution is 5.90. The molecule has 0 aliphatic heterocycles. The molecule has 0 unspecified atom stereocenters. The Morgan fingerprint density at radius 2 is 1.86 bits per heavy atom. The molecule has 6 heteroatoms. The highest BCUT2D eigenvalue weighted by Gasteiger charge is 2.28. The third kappa shape index (κ3) is 2.93. The molecular weight excluding hydrogens is 350 g/mol. The summed E-state index contributed by atoms with van der Waals surface area (Å²) in [6.07, 6.45) is 4.34. The first-order valence-electron chi connectivity index (χ1n) is 10.0. The van der Waals surface area contributed by atoms with Crippen molar-refractivity contribution in [2.45, 2.75) is 60.3 Å². The molecule has 146 valence electrons. The van der Waals surface area contributed by atoms with Crippen molar-refractivity contribution in [1.82, 2.24) is 24.7 Å². The van der Waals surface area contributed by atoms with Crippen molar-refractivity contribution in [2.75, 3.05) is 0 Å². The van der Waals surface area contributed by atoms with Crippen LogP contribution in [-0.4, -0.2) is 24.7 Å². The molecule has 0 atom stereocenters. The Hall–Kier alpha value is -2.89. The standard InChI is InChI=1S/C20H21N5O.C2H6/c1-10-9-21-13(4)25(10)17-8-15(18-11(2)24-26-12(18)3)7-16-19(17)23-20(22-16)14-5-6-14;1-2/h7-9,14H,5-6H2,1-4H3,(H,22,23);1-2H3. The van der Waals surface area contributed by atoms with E-state index in [1.165, 1.54) is 12.8 Å². The number of imidazole rings is 2. The van der Waals surface area contributed by atoms with Crippen LogP contribution in [0.4, 0.5) is 0 Å². The summed E-state index contributed by atoms with van der Waals surface area (Å²) in [4.78, 5) is 13.0.